The van der Waals surface area contributed by atoms with Crippen molar-refractivity contribution in [3.63, 3.8) is 0 Å². The highest BCUT2D eigenvalue weighted by Crippen LogP contribution is 2.30. The van der Waals surface area contributed by atoms with Gasteiger partial charge in [0.15, 0.2) is 6.29 Å². The molecule has 2 aliphatic rings. The van der Waals surface area contributed by atoms with E-state index in [9.17, 15) is 10.1 Å². The average molecular weight is 362 g/mol. The van der Waals surface area contributed by atoms with E-state index in [4.69, 9.17) is 9.47 Å². The normalized spacial score (nSPS) is 18.4. The van der Waals surface area contributed by atoms with Crippen molar-refractivity contribution >= 4 is 5.91 Å². The molecule has 0 unspecified atom stereocenters. The van der Waals surface area contributed by atoms with E-state index < -0.39 is 0 Å². The first-order valence-electron chi connectivity index (χ1n) is 9.39. The molecule has 2 heterocycles. The van der Waals surface area contributed by atoms with Crippen molar-refractivity contribution in [2.24, 2.45) is 5.92 Å². The lowest BCUT2D eigenvalue weighted by Crippen LogP contribution is -2.41. The van der Waals surface area contributed by atoms with Crippen molar-refractivity contribution in [1.29, 1.82) is 5.26 Å². The van der Waals surface area contributed by atoms with Crippen molar-refractivity contribution in [1.82, 2.24) is 4.90 Å². The quantitative estimate of drug-likeness (QED) is 0.839. The Balaban J connectivity index is 1.54. The summed E-state index contributed by atoms with van der Waals surface area (Å²) in [7, 11) is 0. The molecular weight excluding hydrogens is 340 g/mol. The third-order valence-corrected chi connectivity index (χ3v) is 5.35. The maximum Gasteiger partial charge on any atom is 0.254 e. The predicted molar refractivity (Wildman–Crippen MR) is 101 cm³/mol. The molecule has 2 aromatic carbocycles. The molecule has 0 aliphatic carbocycles. The molecule has 5 heteroatoms. The van der Waals surface area contributed by atoms with Crippen LogP contribution in [0.4, 0.5) is 0 Å². The van der Waals surface area contributed by atoms with E-state index in [-0.39, 0.29) is 12.2 Å². The van der Waals surface area contributed by atoms with Gasteiger partial charge in [0.05, 0.1) is 24.8 Å². The van der Waals surface area contributed by atoms with Gasteiger partial charge in [0.2, 0.25) is 0 Å². The van der Waals surface area contributed by atoms with E-state index in [0.717, 1.165) is 24.0 Å². The maximum absolute atomic E-state index is 13.2. The minimum atomic E-state index is -0.114. The number of benzene rings is 2. The Hall–Kier alpha value is -2.68. The van der Waals surface area contributed by atoms with Gasteiger partial charge >= 0.3 is 0 Å². The highest BCUT2D eigenvalue weighted by atomic mass is 16.7. The first-order chi connectivity index (χ1) is 13.3. The fourth-order valence-corrected chi connectivity index (χ4v) is 3.91. The molecule has 1 amide bonds. The Morgan fingerprint density at radius 3 is 2.30 bits per heavy atom. The molecule has 0 N–H and O–H groups in total. The van der Waals surface area contributed by atoms with Crippen LogP contribution in [0.5, 0.6) is 0 Å². The molecule has 0 radical (unpaired) electrons. The second-order valence-corrected chi connectivity index (χ2v) is 6.94. The SMILES string of the molecule is N#Cc1ccccc1-c1ccccc1C(=O)N1CCC(C2OCCO2)CC1. The molecule has 0 saturated carbocycles. The Morgan fingerprint density at radius 1 is 0.963 bits per heavy atom. The number of hydrogen-bond donors (Lipinski definition) is 0. The number of nitriles is 1. The standard InChI is InChI=1S/C22H22N2O3/c23-15-17-5-1-2-6-18(17)19-7-3-4-8-20(19)21(25)24-11-9-16(10-12-24)22-26-13-14-27-22/h1-8,16,22H,9-14H2. The van der Waals surface area contributed by atoms with Gasteiger partial charge in [0.25, 0.3) is 5.91 Å². The molecule has 138 valence electrons. The second kappa shape index (κ2) is 7.91. The van der Waals surface area contributed by atoms with Gasteiger partial charge in [-0.3, -0.25) is 4.79 Å². The third-order valence-electron chi connectivity index (χ3n) is 5.35. The number of ether oxygens (including phenoxy) is 2. The topological polar surface area (TPSA) is 62.6 Å². The first-order valence-corrected chi connectivity index (χ1v) is 9.39. The van der Waals surface area contributed by atoms with Crippen molar-refractivity contribution in [2.45, 2.75) is 19.1 Å². The van der Waals surface area contributed by atoms with Crippen LogP contribution in [-0.2, 0) is 9.47 Å². The number of hydrogen-bond acceptors (Lipinski definition) is 4. The Labute approximate surface area is 159 Å². The summed E-state index contributed by atoms with van der Waals surface area (Å²) in [4.78, 5) is 15.1. The van der Waals surface area contributed by atoms with Crippen LogP contribution in [0.15, 0.2) is 48.5 Å². The smallest absolute Gasteiger partial charge is 0.254 e. The average Bonchev–Trinajstić information content (AvgIpc) is 3.28. The minimum Gasteiger partial charge on any atom is -0.350 e. The highest BCUT2D eigenvalue weighted by Gasteiger charge is 2.32. The van der Waals surface area contributed by atoms with Gasteiger partial charge in [-0.15, -0.1) is 0 Å². The van der Waals surface area contributed by atoms with Crippen LogP contribution in [0.1, 0.15) is 28.8 Å². The lowest BCUT2D eigenvalue weighted by Gasteiger charge is -2.34. The number of piperidine rings is 1. The second-order valence-electron chi connectivity index (χ2n) is 6.94. The first kappa shape index (κ1) is 17.7. The summed E-state index contributed by atoms with van der Waals surface area (Å²) in [5.41, 5.74) is 2.83. The summed E-state index contributed by atoms with van der Waals surface area (Å²) in [6.07, 6.45) is 1.65. The zero-order chi connectivity index (χ0) is 18.6. The zero-order valence-electron chi connectivity index (χ0n) is 15.1. The van der Waals surface area contributed by atoms with E-state index >= 15 is 0 Å². The van der Waals surface area contributed by atoms with Gasteiger partial charge in [-0.25, -0.2) is 0 Å². The third kappa shape index (κ3) is 3.59. The van der Waals surface area contributed by atoms with Crippen molar-refractivity contribution < 1.29 is 14.3 Å². The molecular formula is C22H22N2O3. The number of carbonyl (C=O) groups is 1. The van der Waals surface area contributed by atoms with E-state index in [1.165, 1.54) is 0 Å². The number of nitrogens with zero attached hydrogens (tertiary/aromatic N) is 2. The van der Waals surface area contributed by atoms with E-state index in [1.807, 2.05) is 47.4 Å². The molecule has 0 bridgehead atoms. The molecule has 0 atom stereocenters. The summed E-state index contributed by atoms with van der Waals surface area (Å²) in [6.45, 7) is 2.72. The molecule has 2 aliphatic heterocycles. The number of amides is 1. The highest BCUT2D eigenvalue weighted by molar-refractivity contribution is 6.01. The summed E-state index contributed by atoms with van der Waals surface area (Å²) in [5.74, 6) is 0.371. The number of carbonyl (C=O) groups excluding carboxylic acids is 1. The monoisotopic (exact) mass is 362 g/mol. The van der Waals surface area contributed by atoms with Crippen molar-refractivity contribution in [2.75, 3.05) is 26.3 Å². The van der Waals surface area contributed by atoms with Gasteiger partial charge in [-0.05, 0) is 30.5 Å². The maximum atomic E-state index is 13.2. The fourth-order valence-electron chi connectivity index (χ4n) is 3.91. The van der Waals surface area contributed by atoms with Crippen LogP contribution < -0.4 is 0 Å². The fraction of sp³-hybridized carbons (Fsp3) is 0.364. The largest absolute Gasteiger partial charge is 0.350 e. The van der Waals surface area contributed by atoms with Crippen LogP contribution in [0.3, 0.4) is 0 Å². The van der Waals surface area contributed by atoms with Crippen molar-refractivity contribution in [3.05, 3.63) is 59.7 Å². The van der Waals surface area contributed by atoms with E-state index in [2.05, 4.69) is 6.07 Å². The Kier molecular flexibility index (Phi) is 5.19. The summed E-state index contributed by atoms with van der Waals surface area (Å²) in [6, 6.07) is 17.2. The van der Waals surface area contributed by atoms with E-state index in [1.54, 1.807) is 6.07 Å². The molecule has 0 aromatic heterocycles. The summed E-state index contributed by atoms with van der Waals surface area (Å²) < 4.78 is 11.2. The molecule has 0 spiro atoms. The Morgan fingerprint density at radius 2 is 1.59 bits per heavy atom. The van der Waals surface area contributed by atoms with Crippen LogP contribution in [0.2, 0.25) is 0 Å². The molecule has 5 nitrogen and oxygen atoms in total. The van der Waals surface area contributed by atoms with Crippen LogP contribution >= 0.6 is 0 Å². The summed E-state index contributed by atoms with van der Waals surface area (Å²) in [5, 5.41) is 9.42. The molecule has 4 rings (SSSR count). The van der Waals surface area contributed by atoms with Gasteiger partial charge < -0.3 is 14.4 Å². The summed E-state index contributed by atoms with van der Waals surface area (Å²) >= 11 is 0. The van der Waals surface area contributed by atoms with Crippen LogP contribution in [-0.4, -0.2) is 43.4 Å². The molecule has 2 aromatic rings. The van der Waals surface area contributed by atoms with Crippen LogP contribution in [0.25, 0.3) is 11.1 Å². The zero-order valence-corrected chi connectivity index (χ0v) is 15.1. The van der Waals surface area contributed by atoms with Crippen molar-refractivity contribution in [3.8, 4) is 17.2 Å². The Bertz CT molecular complexity index is 860. The molecule has 2 saturated heterocycles. The lowest BCUT2D eigenvalue weighted by atomic mass is 9.93. The molecule has 2 fully saturated rings. The number of likely N-dealkylation sites (tertiary alicyclic amines) is 1. The predicted octanol–water partition coefficient (Wildman–Crippen LogP) is 3.45. The lowest BCUT2D eigenvalue weighted by molar-refractivity contribution is -0.0956. The van der Waals surface area contributed by atoms with Gasteiger partial charge in [-0.2, -0.15) is 5.26 Å². The van der Waals surface area contributed by atoms with Gasteiger partial charge in [0.1, 0.15) is 0 Å². The number of rotatable bonds is 3. The minimum absolute atomic E-state index is 0.0186. The van der Waals surface area contributed by atoms with E-state index in [0.29, 0.717) is 43.3 Å². The van der Waals surface area contributed by atoms with Gasteiger partial charge in [0, 0.05) is 30.1 Å². The van der Waals surface area contributed by atoms with Crippen LogP contribution in [0, 0.1) is 17.2 Å². The molecule has 27 heavy (non-hydrogen) atoms. The van der Waals surface area contributed by atoms with Gasteiger partial charge in [-0.1, -0.05) is 36.4 Å².